The molecule has 218 valence electrons. The second-order valence-electron chi connectivity index (χ2n) is 9.65. The van der Waals surface area contributed by atoms with Crippen LogP contribution in [0.4, 0.5) is 0 Å². The summed E-state index contributed by atoms with van der Waals surface area (Å²) in [5.74, 6) is 0.0219. The molecule has 0 radical (unpaired) electrons. The van der Waals surface area contributed by atoms with Crippen molar-refractivity contribution in [3.8, 4) is 11.5 Å². The molecule has 8 heteroatoms. The van der Waals surface area contributed by atoms with E-state index in [1.54, 1.807) is 48.5 Å². The fraction of sp³-hybridized carbons (Fsp3) is 0.333. The highest BCUT2D eigenvalue weighted by molar-refractivity contribution is 6.09. The lowest BCUT2D eigenvalue weighted by Crippen LogP contribution is -2.45. The summed E-state index contributed by atoms with van der Waals surface area (Å²) < 4.78 is 21.5. The van der Waals surface area contributed by atoms with Crippen LogP contribution in [-0.2, 0) is 9.47 Å². The molecule has 1 aliphatic rings. The Bertz CT molecular complexity index is 1240. The SMILES string of the molecule is C=COCCCCOc1ccc(C(=O)C2(O)C=CC(O)(C(=O)c3ccc(OCCCCOC=C)cc3)C(C)=C2)cc1. The largest absolute Gasteiger partial charge is 0.502 e. The Morgan fingerprint density at radius 2 is 1.15 bits per heavy atom. The fourth-order valence-electron chi connectivity index (χ4n) is 4.24. The van der Waals surface area contributed by atoms with Gasteiger partial charge in [-0.05, 0) is 105 Å². The first kappa shape index (κ1) is 31.4. The molecule has 0 aromatic heterocycles. The average molecular weight is 563 g/mol. The first-order chi connectivity index (χ1) is 19.7. The van der Waals surface area contributed by atoms with Gasteiger partial charge < -0.3 is 29.2 Å². The van der Waals surface area contributed by atoms with E-state index in [4.69, 9.17) is 18.9 Å². The van der Waals surface area contributed by atoms with Crippen LogP contribution < -0.4 is 9.47 Å². The molecule has 0 fully saturated rings. The summed E-state index contributed by atoms with van der Waals surface area (Å²) in [4.78, 5) is 26.4. The van der Waals surface area contributed by atoms with Gasteiger partial charge in [0.2, 0.25) is 11.6 Å². The summed E-state index contributed by atoms with van der Waals surface area (Å²) >= 11 is 0. The molecule has 2 N–H and O–H groups in total. The number of hydrogen-bond donors (Lipinski definition) is 2. The van der Waals surface area contributed by atoms with E-state index in [2.05, 4.69) is 13.2 Å². The molecule has 0 heterocycles. The lowest BCUT2D eigenvalue weighted by molar-refractivity contribution is 0.0547. The number of carbonyl (C=O) groups is 2. The van der Waals surface area contributed by atoms with Crippen molar-refractivity contribution in [1.82, 2.24) is 0 Å². The smallest absolute Gasteiger partial charge is 0.202 e. The first-order valence-corrected chi connectivity index (χ1v) is 13.6. The topological polar surface area (TPSA) is 112 Å². The summed E-state index contributed by atoms with van der Waals surface area (Å²) in [7, 11) is 0. The number of carbonyl (C=O) groups excluding carboxylic acids is 2. The van der Waals surface area contributed by atoms with Crippen molar-refractivity contribution in [3.63, 3.8) is 0 Å². The lowest BCUT2D eigenvalue weighted by atomic mass is 9.77. The van der Waals surface area contributed by atoms with Gasteiger partial charge in [0.1, 0.15) is 11.5 Å². The number of rotatable bonds is 18. The Balaban J connectivity index is 1.59. The van der Waals surface area contributed by atoms with Crippen LogP contribution in [0.1, 0.15) is 53.3 Å². The summed E-state index contributed by atoms with van der Waals surface area (Å²) in [5, 5.41) is 22.4. The minimum Gasteiger partial charge on any atom is -0.502 e. The van der Waals surface area contributed by atoms with Crippen molar-refractivity contribution < 1.29 is 38.7 Å². The van der Waals surface area contributed by atoms with Crippen molar-refractivity contribution in [2.75, 3.05) is 26.4 Å². The van der Waals surface area contributed by atoms with Crippen molar-refractivity contribution in [2.45, 2.75) is 43.8 Å². The maximum Gasteiger partial charge on any atom is 0.202 e. The van der Waals surface area contributed by atoms with E-state index < -0.39 is 22.8 Å². The molecule has 0 saturated heterocycles. The van der Waals surface area contributed by atoms with Crippen LogP contribution in [0.3, 0.4) is 0 Å². The normalized spacial score (nSPS) is 19.5. The highest BCUT2D eigenvalue weighted by Crippen LogP contribution is 2.33. The first-order valence-electron chi connectivity index (χ1n) is 13.6. The molecule has 41 heavy (non-hydrogen) atoms. The molecule has 0 spiro atoms. The van der Waals surface area contributed by atoms with Crippen LogP contribution in [0.25, 0.3) is 0 Å². The zero-order valence-corrected chi connectivity index (χ0v) is 23.4. The molecule has 2 aromatic carbocycles. The van der Waals surface area contributed by atoms with E-state index in [-0.39, 0.29) is 16.7 Å². The summed E-state index contributed by atoms with van der Waals surface area (Å²) in [6, 6.07) is 12.9. The minimum absolute atomic E-state index is 0.142. The highest BCUT2D eigenvalue weighted by atomic mass is 16.5. The van der Waals surface area contributed by atoms with Gasteiger partial charge in [-0.3, -0.25) is 9.59 Å². The maximum absolute atomic E-state index is 13.3. The number of Topliss-reactive ketones (excluding diaryl/α,β-unsaturated/α-hetero) is 2. The Kier molecular flexibility index (Phi) is 11.5. The van der Waals surface area contributed by atoms with Gasteiger partial charge >= 0.3 is 0 Å². The molecule has 0 bridgehead atoms. The van der Waals surface area contributed by atoms with Gasteiger partial charge in [-0.2, -0.15) is 0 Å². The second kappa shape index (κ2) is 15.0. The highest BCUT2D eigenvalue weighted by Gasteiger charge is 2.44. The van der Waals surface area contributed by atoms with E-state index in [0.29, 0.717) is 37.9 Å². The molecular weight excluding hydrogens is 524 g/mol. The quantitative estimate of drug-likeness (QED) is 0.108. The van der Waals surface area contributed by atoms with Gasteiger partial charge in [-0.25, -0.2) is 0 Å². The Hall–Kier alpha value is -4.14. The number of ketones is 2. The molecule has 0 aliphatic heterocycles. The third-order valence-corrected chi connectivity index (χ3v) is 6.65. The van der Waals surface area contributed by atoms with Gasteiger partial charge in [-0.1, -0.05) is 13.2 Å². The number of unbranched alkanes of at least 4 members (excludes halogenated alkanes) is 2. The third kappa shape index (κ3) is 8.42. The Morgan fingerprint density at radius 1 is 0.707 bits per heavy atom. The molecule has 0 saturated carbocycles. The third-order valence-electron chi connectivity index (χ3n) is 6.65. The molecular formula is C33H38O8. The minimum atomic E-state index is -2.02. The van der Waals surface area contributed by atoms with E-state index in [0.717, 1.165) is 31.8 Å². The summed E-state index contributed by atoms with van der Waals surface area (Å²) in [6.45, 7) is 10.6. The van der Waals surface area contributed by atoms with E-state index >= 15 is 0 Å². The average Bonchev–Trinajstić information content (AvgIpc) is 2.99. The zero-order chi connectivity index (χ0) is 29.7. The van der Waals surface area contributed by atoms with Crippen LogP contribution >= 0.6 is 0 Å². The standard InChI is InChI=1S/C33H38O8/c1-4-38-20-6-8-22-40-28-14-10-26(11-15-28)30(34)32(36)18-19-33(37,25(3)24-32)31(35)27-12-16-29(17-13-27)41-23-9-7-21-39-5-2/h4-5,10-19,24,36-37H,1-2,6-9,20-23H2,3H3. The lowest BCUT2D eigenvalue weighted by Gasteiger charge is -2.32. The van der Waals surface area contributed by atoms with Crippen molar-refractivity contribution >= 4 is 11.6 Å². The van der Waals surface area contributed by atoms with Crippen LogP contribution in [0.5, 0.6) is 11.5 Å². The van der Waals surface area contributed by atoms with Gasteiger partial charge in [0.15, 0.2) is 11.2 Å². The van der Waals surface area contributed by atoms with Crippen LogP contribution in [0.15, 0.2) is 98.0 Å². The zero-order valence-electron chi connectivity index (χ0n) is 23.4. The Labute approximate surface area is 241 Å². The van der Waals surface area contributed by atoms with Crippen molar-refractivity contribution in [2.24, 2.45) is 0 Å². The van der Waals surface area contributed by atoms with Gasteiger partial charge in [-0.15, -0.1) is 0 Å². The van der Waals surface area contributed by atoms with Gasteiger partial charge in [0.25, 0.3) is 0 Å². The van der Waals surface area contributed by atoms with Crippen LogP contribution in [0.2, 0.25) is 0 Å². The maximum atomic E-state index is 13.3. The Morgan fingerprint density at radius 3 is 1.59 bits per heavy atom. The van der Waals surface area contributed by atoms with E-state index in [9.17, 15) is 19.8 Å². The van der Waals surface area contributed by atoms with E-state index in [1.165, 1.54) is 31.6 Å². The van der Waals surface area contributed by atoms with Crippen molar-refractivity contribution in [1.29, 1.82) is 0 Å². The monoisotopic (exact) mass is 562 g/mol. The fourth-order valence-corrected chi connectivity index (χ4v) is 4.24. The summed E-state index contributed by atoms with van der Waals surface area (Å²) in [6.07, 6.45) is 9.62. The molecule has 3 rings (SSSR count). The number of ether oxygens (including phenoxy) is 4. The molecule has 8 nitrogen and oxygen atoms in total. The van der Waals surface area contributed by atoms with Crippen LogP contribution in [0, 0.1) is 0 Å². The molecule has 2 aromatic rings. The van der Waals surface area contributed by atoms with Gasteiger partial charge in [0.05, 0.1) is 39.0 Å². The molecule has 1 aliphatic carbocycles. The molecule has 0 amide bonds. The predicted octanol–water partition coefficient (Wildman–Crippen LogP) is 5.37. The molecule has 2 atom stereocenters. The van der Waals surface area contributed by atoms with E-state index in [1.807, 2.05) is 0 Å². The predicted molar refractivity (Wildman–Crippen MR) is 156 cm³/mol. The molecule has 2 unspecified atom stereocenters. The van der Waals surface area contributed by atoms with Gasteiger partial charge in [0, 0.05) is 11.1 Å². The number of hydrogen-bond acceptors (Lipinski definition) is 8. The summed E-state index contributed by atoms with van der Waals surface area (Å²) in [5.41, 5.74) is -3.36. The van der Waals surface area contributed by atoms with Crippen LogP contribution in [-0.4, -0.2) is 59.4 Å². The number of benzene rings is 2. The second-order valence-corrected chi connectivity index (χ2v) is 9.65. The number of aliphatic hydroxyl groups is 2. The van der Waals surface area contributed by atoms with Crippen molar-refractivity contribution in [3.05, 3.63) is 109 Å².